The number of esters is 1. The molecule has 1 aromatic rings. The number of rotatable bonds is 2. The van der Waals surface area contributed by atoms with Crippen molar-refractivity contribution in [3.63, 3.8) is 0 Å². The van der Waals surface area contributed by atoms with Gasteiger partial charge in [0.05, 0.1) is 18.4 Å². The Bertz CT molecular complexity index is 657. The van der Waals surface area contributed by atoms with Crippen molar-refractivity contribution in [1.82, 2.24) is 4.98 Å². The number of ether oxygens (including phenoxy) is 2. The van der Waals surface area contributed by atoms with Gasteiger partial charge in [0, 0.05) is 7.05 Å². The molecule has 0 aliphatic heterocycles. The summed E-state index contributed by atoms with van der Waals surface area (Å²) in [6.07, 6.45) is -5.67. The number of hydrogen-bond acceptors (Lipinski definition) is 5. The van der Waals surface area contributed by atoms with Gasteiger partial charge in [-0.15, -0.1) is 0 Å². The number of anilines is 1. The first-order valence-electron chi connectivity index (χ1n) is 6.60. The highest BCUT2D eigenvalue weighted by Crippen LogP contribution is 2.37. The molecule has 0 spiro atoms. The summed E-state index contributed by atoms with van der Waals surface area (Å²) in [5.74, 6) is -0.991. The molecular weight excluding hydrogens is 397 g/mol. The molecule has 0 aliphatic rings. The number of halogens is 4. The van der Waals surface area contributed by atoms with Gasteiger partial charge in [0.15, 0.2) is 5.69 Å². The van der Waals surface area contributed by atoms with E-state index in [0.717, 1.165) is 12.0 Å². The molecule has 0 atom stereocenters. The van der Waals surface area contributed by atoms with Crippen molar-refractivity contribution in [2.45, 2.75) is 32.5 Å². The van der Waals surface area contributed by atoms with Gasteiger partial charge < -0.3 is 9.47 Å². The number of pyridine rings is 1. The van der Waals surface area contributed by atoms with Crippen LogP contribution in [0.2, 0.25) is 0 Å². The summed E-state index contributed by atoms with van der Waals surface area (Å²) in [7, 11) is 2.22. The summed E-state index contributed by atoms with van der Waals surface area (Å²) in [6.45, 7) is 4.79. The van der Waals surface area contributed by atoms with E-state index in [1.807, 2.05) is 0 Å². The number of carbonyl (C=O) groups excluding carboxylic acids is 2. The molecular formula is C14H16BrF3N2O4. The van der Waals surface area contributed by atoms with E-state index in [-0.39, 0.29) is 5.69 Å². The van der Waals surface area contributed by atoms with Crippen molar-refractivity contribution < 1.29 is 32.2 Å². The molecule has 6 nitrogen and oxygen atoms in total. The molecule has 1 aromatic heterocycles. The van der Waals surface area contributed by atoms with Crippen molar-refractivity contribution in [2.24, 2.45) is 0 Å². The summed E-state index contributed by atoms with van der Waals surface area (Å²) in [4.78, 5) is 28.2. The Kier molecular flexibility index (Phi) is 5.86. The number of nitrogens with zero attached hydrogens (tertiary/aromatic N) is 2. The second kappa shape index (κ2) is 6.96. The van der Waals surface area contributed by atoms with Gasteiger partial charge in [-0.05, 0) is 42.8 Å². The lowest BCUT2D eigenvalue weighted by Gasteiger charge is -2.26. The Hall–Kier alpha value is -1.84. The number of methoxy groups -OCH3 is 1. The molecule has 1 amide bonds. The average molecular weight is 413 g/mol. The third-order valence-corrected chi connectivity index (χ3v) is 3.27. The van der Waals surface area contributed by atoms with E-state index in [4.69, 9.17) is 4.74 Å². The largest absolute Gasteiger partial charge is 0.464 e. The van der Waals surface area contributed by atoms with Crippen molar-refractivity contribution in [1.29, 1.82) is 0 Å². The Morgan fingerprint density at radius 3 is 2.21 bits per heavy atom. The van der Waals surface area contributed by atoms with Gasteiger partial charge >= 0.3 is 18.2 Å². The van der Waals surface area contributed by atoms with Crippen LogP contribution < -0.4 is 4.90 Å². The van der Waals surface area contributed by atoms with Crippen molar-refractivity contribution >= 4 is 33.7 Å². The van der Waals surface area contributed by atoms with Crippen LogP contribution in [0.1, 0.15) is 36.8 Å². The van der Waals surface area contributed by atoms with Crippen molar-refractivity contribution in [3.05, 3.63) is 21.9 Å². The summed E-state index contributed by atoms with van der Waals surface area (Å²) in [5, 5.41) is 0. The first-order chi connectivity index (χ1) is 10.8. The number of amides is 1. The second-order valence-corrected chi connectivity index (χ2v) is 6.47. The second-order valence-electron chi connectivity index (χ2n) is 5.72. The van der Waals surface area contributed by atoms with Crippen LogP contribution >= 0.6 is 15.9 Å². The molecule has 1 heterocycles. The van der Waals surface area contributed by atoms with Crippen LogP contribution in [-0.4, -0.2) is 36.8 Å². The van der Waals surface area contributed by atoms with Crippen LogP contribution in [-0.2, 0) is 15.7 Å². The summed E-state index contributed by atoms with van der Waals surface area (Å²) in [5.41, 5.74) is -2.84. The van der Waals surface area contributed by atoms with Crippen molar-refractivity contribution in [2.75, 3.05) is 19.1 Å². The van der Waals surface area contributed by atoms with E-state index < -0.39 is 39.7 Å². The lowest BCUT2D eigenvalue weighted by Crippen LogP contribution is -2.35. The smallest absolute Gasteiger partial charge is 0.419 e. The Morgan fingerprint density at radius 2 is 1.79 bits per heavy atom. The SMILES string of the molecule is COC(=O)c1nc(Br)c(C(F)(F)F)cc1N(C)C(=O)OC(C)(C)C. The average Bonchev–Trinajstić information content (AvgIpc) is 2.42. The zero-order valence-electron chi connectivity index (χ0n) is 13.6. The molecule has 0 radical (unpaired) electrons. The highest BCUT2D eigenvalue weighted by molar-refractivity contribution is 9.10. The molecule has 134 valence electrons. The number of alkyl halides is 3. The van der Waals surface area contributed by atoms with Gasteiger partial charge in [-0.1, -0.05) is 0 Å². The lowest BCUT2D eigenvalue weighted by molar-refractivity contribution is -0.138. The predicted octanol–water partition coefficient (Wildman–Crippen LogP) is 4.02. The zero-order chi connectivity index (χ0) is 18.9. The van der Waals surface area contributed by atoms with Gasteiger partial charge in [-0.2, -0.15) is 13.2 Å². The molecule has 0 unspecified atom stereocenters. The van der Waals surface area contributed by atoms with Crippen molar-refractivity contribution in [3.8, 4) is 0 Å². The third-order valence-electron chi connectivity index (χ3n) is 2.67. The van der Waals surface area contributed by atoms with Gasteiger partial charge in [-0.25, -0.2) is 14.6 Å². The van der Waals surface area contributed by atoms with E-state index in [9.17, 15) is 22.8 Å². The maximum Gasteiger partial charge on any atom is 0.419 e. The highest BCUT2D eigenvalue weighted by Gasteiger charge is 2.37. The molecule has 0 saturated heterocycles. The number of hydrogen-bond donors (Lipinski definition) is 0. The minimum Gasteiger partial charge on any atom is -0.464 e. The minimum atomic E-state index is -4.73. The maximum absolute atomic E-state index is 13.1. The van der Waals surface area contributed by atoms with Crippen LogP contribution in [0.3, 0.4) is 0 Å². The van der Waals surface area contributed by atoms with Crippen LogP contribution in [0.4, 0.5) is 23.7 Å². The van der Waals surface area contributed by atoms with Gasteiger partial charge in [0.1, 0.15) is 10.2 Å². The summed E-state index contributed by atoms with van der Waals surface area (Å²) >= 11 is 2.68. The van der Waals surface area contributed by atoms with E-state index in [0.29, 0.717) is 6.07 Å². The maximum atomic E-state index is 13.1. The van der Waals surface area contributed by atoms with Gasteiger partial charge in [0.2, 0.25) is 0 Å². The molecule has 0 fully saturated rings. The minimum absolute atomic E-state index is 0.383. The molecule has 1 rings (SSSR count). The quantitative estimate of drug-likeness (QED) is 0.541. The van der Waals surface area contributed by atoms with E-state index in [2.05, 4.69) is 25.7 Å². The first-order valence-corrected chi connectivity index (χ1v) is 7.40. The zero-order valence-corrected chi connectivity index (χ0v) is 15.2. The fourth-order valence-electron chi connectivity index (χ4n) is 1.61. The standard InChI is InChI=1S/C14H16BrF3N2O4/c1-13(2,3)24-12(22)20(4)8-6-7(14(16,17)18)10(15)19-9(8)11(21)23-5/h6H,1-5H3. The molecule has 0 bridgehead atoms. The Labute approximate surface area is 145 Å². The fraction of sp³-hybridized carbons (Fsp3) is 0.500. The van der Waals surface area contributed by atoms with Gasteiger partial charge in [0.25, 0.3) is 0 Å². The topological polar surface area (TPSA) is 68.7 Å². The fourth-order valence-corrected chi connectivity index (χ4v) is 2.13. The van der Waals surface area contributed by atoms with Crippen LogP contribution in [0.15, 0.2) is 10.7 Å². The molecule has 0 aromatic carbocycles. The Morgan fingerprint density at radius 1 is 1.25 bits per heavy atom. The summed E-state index contributed by atoms with van der Waals surface area (Å²) < 4.78 is 48.2. The number of aromatic nitrogens is 1. The van der Waals surface area contributed by atoms with Gasteiger partial charge in [-0.3, -0.25) is 4.90 Å². The molecule has 0 aliphatic carbocycles. The normalized spacial score (nSPS) is 11.9. The lowest BCUT2D eigenvalue weighted by atomic mass is 10.2. The highest BCUT2D eigenvalue weighted by atomic mass is 79.9. The molecule has 0 saturated carbocycles. The van der Waals surface area contributed by atoms with E-state index in [1.165, 1.54) is 7.05 Å². The monoisotopic (exact) mass is 412 g/mol. The van der Waals surface area contributed by atoms with Crippen LogP contribution in [0.25, 0.3) is 0 Å². The summed E-state index contributed by atoms with van der Waals surface area (Å²) in [6, 6.07) is 0.632. The third kappa shape index (κ3) is 4.83. The molecule has 0 N–H and O–H groups in total. The van der Waals surface area contributed by atoms with Crippen LogP contribution in [0.5, 0.6) is 0 Å². The number of carbonyl (C=O) groups is 2. The molecule has 24 heavy (non-hydrogen) atoms. The molecule has 10 heteroatoms. The van der Waals surface area contributed by atoms with Crippen LogP contribution in [0, 0.1) is 0 Å². The predicted molar refractivity (Wildman–Crippen MR) is 82.9 cm³/mol. The first kappa shape index (κ1) is 20.2. The Balaban J connectivity index is 3.47. The van der Waals surface area contributed by atoms with E-state index >= 15 is 0 Å². The van der Waals surface area contributed by atoms with E-state index in [1.54, 1.807) is 20.8 Å².